The lowest BCUT2D eigenvalue weighted by molar-refractivity contribution is -0.0498. The van der Waals surface area contributed by atoms with E-state index in [0.29, 0.717) is 17.3 Å². The lowest BCUT2D eigenvalue weighted by Crippen LogP contribution is -2.22. The number of alkyl halides is 2. The zero-order valence-electron chi connectivity index (χ0n) is 18.4. The third-order valence-corrected chi connectivity index (χ3v) is 6.39. The SMILES string of the molecule is Cc1ccc(-n2c(SCc3nnnn3-c3ccc(OC(F)F)cc3)nnc2N2CCCC2)cc1. The molecular formula is C22H22F2N8OS. The Morgan fingerprint density at radius 3 is 2.35 bits per heavy atom. The van der Waals surface area contributed by atoms with Crippen molar-refractivity contribution in [2.24, 2.45) is 0 Å². The molecule has 4 aromatic rings. The summed E-state index contributed by atoms with van der Waals surface area (Å²) in [7, 11) is 0. The number of ether oxygens (including phenoxy) is 1. The van der Waals surface area contributed by atoms with E-state index in [1.54, 1.807) is 16.8 Å². The summed E-state index contributed by atoms with van der Waals surface area (Å²) in [5, 5.41) is 21.7. The van der Waals surface area contributed by atoms with Crippen LogP contribution in [0.25, 0.3) is 11.4 Å². The van der Waals surface area contributed by atoms with Crippen LogP contribution in [-0.2, 0) is 5.75 Å². The van der Waals surface area contributed by atoms with Gasteiger partial charge in [0, 0.05) is 13.1 Å². The second-order valence-electron chi connectivity index (χ2n) is 7.82. The zero-order chi connectivity index (χ0) is 23.5. The number of thioether (sulfide) groups is 1. The number of nitrogens with zero attached hydrogens (tertiary/aromatic N) is 8. The Kier molecular flexibility index (Phi) is 6.39. The van der Waals surface area contributed by atoms with Gasteiger partial charge in [-0.2, -0.15) is 13.5 Å². The Balaban J connectivity index is 1.39. The Hall–Kier alpha value is -3.54. The van der Waals surface area contributed by atoms with Crippen LogP contribution < -0.4 is 9.64 Å². The van der Waals surface area contributed by atoms with Crippen molar-refractivity contribution in [2.75, 3.05) is 18.0 Å². The van der Waals surface area contributed by atoms with E-state index in [4.69, 9.17) is 0 Å². The van der Waals surface area contributed by atoms with E-state index in [9.17, 15) is 8.78 Å². The normalized spacial score (nSPS) is 13.7. The molecule has 1 saturated heterocycles. The number of rotatable bonds is 8. The highest BCUT2D eigenvalue weighted by Gasteiger charge is 2.23. The minimum Gasteiger partial charge on any atom is -0.435 e. The molecule has 0 unspecified atom stereocenters. The minimum absolute atomic E-state index is 0.0726. The van der Waals surface area contributed by atoms with Crippen molar-refractivity contribution in [2.45, 2.75) is 37.3 Å². The monoisotopic (exact) mass is 484 g/mol. The number of anilines is 1. The highest BCUT2D eigenvalue weighted by Crippen LogP contribution is 2.30. The largest absolute Gasteiger partial charge is 0.435 e. The first kappa shape index (κ1) is 22.3. The molecule has 0 amide bonds. The van der Waals surface area contributed by atoms with Gasteiger partial charge in [0.05, 0.1) is 17.1 Å². The highest BCUT2D eigenvalue weighted by atomic mass is 32.2. The first-order valence-electron chi connectivity index (χ1n) is 10.8. The zero-order valence-corrected chi connectivity index (χ0v) is 19.2. The predicted molar refractivity (Wildman–Crippen MR) is 123 cm³/mol. The van der Waals surface area contributed by atoms with Crippen molar-refractivity contribution in [3.8, 4) is 17.1 Å². The smallest absolute Gasteiger partial charge is 0.387 e. The minimum atomic E-state index is -2.87. The molecule has 0 N–H and O–H groups in total. The van der Waals surface area contributed by atoms with Crippen molar-refractivity contribution in [1.29, 1.82) is 0 Å². The number of halogens is 2. The molecule has 2 aromatic carbocycles. The number of tetrazole rings is 1. The van der Waals surface area contributed by atoms with Crippen molar-refractivity contribution in [1.82, 2.24) is 35.0 Å². The van der Waals surface area contributed by atoms with Crippen LogP contribution in [0.4, 0.5) is 14.7 Å². The van der Waals surface area contributed by atoms with Crippen LogP contribution in [0, 0.1) is 6.92 Å². The van der Waals surface area contributed by atoms with Gasteiger partial charge in [-0.1, -0.05) is 29.5 Å². The second kappa shape index (κ2) is 9.75. The van der Waals surface area contributed by atoms with E-state index >= 15 is 0 Å². The third kappa shape index (κ3) is 4.72. The molecule has 0 aliphatic carbocycles. The molecule has 0 atom stereocenters. The molecule has 34 heavy (non-hydrogen) atoms. The van der Waals surface area contributed by atoms with Crippen LogP contribution in [0.5, 0.6) is 5.75 Å². The van der Waals surface area contributed by atoms with Gasteiger partial charge in [0.25, 0.3) is 0 Å². The summed E-state index contributed by atoms with van der Waals surface area (Å²) in [6, 6.07) is 14.4. The molecule has 0 saturated carbocycles. The Labute approximate surface area is 198 Å². The summed E-state index contributed by atoms with van der Waals surface area (Å²) in [5.74, 6) is 1.93. The number of benzene rings is 2. The molecule has 2 aromatic heterocycles. The van der Waals surface area contributed by atoms with Crippen LogP contribution in [0.1, 0.15) is 24.2 Å². The fourth-order valence-corrected chi connectivity index (χ4v) is 4.64. The number of hydrogen-bond donors (Lipinski definition) is 0. The van der Waals surface area contributed by atoms with E-state index < -0.39 is 6.61 Å². The molecule has 0 bridgehead atoms. The van der Waals surface area contributed by atoms with E-state index in [2.05, 4.69) is 71.1 Å². The number of hydrogen-bond acceptors (Lipinski definition) is 8. The van der Waals surface area contributed by atoms with Crippen LogP contribution >= 0.6 is 11.8 Å². The Morgan fingerprint density at radius 2 is 1.65 bits per heavy atom. The van der Waals surface area contributed by atoms with Gasteiger partial charge in [0.15, 0.2) is 11.0 Å². The first-order chi connectivity index (χ1) is 16.6. The Morgan fingerprint density at radius 1 is 0.941 bits per heavy atom. The predicted octanol–water partition coefficient (Wildman–Crippen LogP) is 4.05. The van der Waals surface area contributed by atoms with Crippen LogP contribution in [0.2, 0.25) is 0 Å². The molecular weight excluding hydrogens is 462 g/mol. The van der Waals surface area contributed by atoms with Crippen LogP contribution in [0.3, 0.4) is 0 Å². The van der Waals surface area contributed by atoms with E-state index in [1.165, 1.54) is 29.5 Å². The molecule has 1 fully saturated rings. The summed E-state index contributed by atoms with van der Waals surface area (Å²) in [5.41, 5.74) is 2.81. The van der Waals surface area contributed by atoms with Gasteiger partial charge >= 0.3 is 6.61 Å². The van der Waals surface area contributed by atoms with Gasteiger partial charge in [0.2, 0.25) is 5.95 Å². The quantitative estimate of drug-likeness (QED) is 0.346. The van der Waals surface area contributed by atoms with Gasteiger partial charge in [0.1, 0.15) is 5.75 Å². The lowest BCUT2D eigenvalue weighted by atomic mass is 10.2. The maximum absolute atomic E-state index is 12.4. The summed E-state index contributed by atoms with van der Waals surface area (Å²) in [6.07, 6.45) is 2.28. The topological polar surface area (TPSA) is 86.8 Å². The van der Waals surface area contributed by atoms with Gasteiger partial charge < -0.3 is 9.64 Å². The third-order valence-electron chi connectivity index (χ3n) is 5.47. The first-order valence-corrected chi connectivity index (χ1v) is 11.8. The Bertz CT molecular complexity index is 1240. The molecule has 1 aliphatic heterocycles. The molecule has 1 aliphatic rings. The van der Waals surface area contributed by atoms with Gasteiger partial charge in [-0.15, -0.1) is 15.3 Å². The van der Waals surface area contributed by atoms with Crippen molar-refractivity contribution >= 4 is 17.7 Å². The maximum Gasteiger partial charge on any atom is 0.387 e. The van der Waals surface area contributed by atoms with E-state index in [0.717, 1.165) is 42.7 Å². The van der Waals surface area contributed by atoms with Crippen molar-refractivity contribution < 1.29 is 13.5 Å². The number of aryl methyl sites for hydroxylation is 1. The summed E-state index contributed by atoms with van der Waals surface area (Å²) >= 11 is 1.48. The molecule has 12 heteroatoms. The average molecular weight is 485 g/mol. The van der Waals surface area contributed by atoms with Crippen LogP contribution in [0.15, 0.2) is 53.7 Å². The fourth-order valence-electron chi connectivity index (χ4n) is 3.79. The lowest BCUT2D eigenvalue weighted by Gasteiger charge is -2.18. The molecule has 0 radical (unpaired) electrons. The number of aromatic nitrogens is 7. The standard InChI is InChI=1S/C22H22F2N8OS/c1-15-4-6-16(7-5-15)31-21(30-12-2-3-13-30)26-27-22(31)34-14-19-25-28-29-32(19)17-8-10-18(11-9-17)33-20(23)24/h4-11,20H,2-3,12-14H2,1H3. The summed E-state index contributed by atoms with van der Waals surface area (Å²) in [6.45, 7) is 1.09. The average Bonchev–Trinajstić information content (AvgIpc) is 3.59. The van der Waals surface area contributed by atoms with Crippen molar-refractivity contribution in [3.05, 3.63) is 59.9 Å². The fraction of sp³-hybridized carbons (Fsp3) is 0.318. The van der Waals surface area contributed by atoms with E-state index in [1.807, 2.05) is 0 Å². The van der Waals surface area contributed by atoms with E-state index in [-0.39, 0.29) is 5.75 Å². The second-order valence-corrected chi connectivity index (χ2v) is 8.76. The van der Waals surface area contributed by atoms with Gasteiger partial charge in [-0.3, -0.25) is 4.57 Å². The van der Waals surface area contributed by atoms with Gasteiger partial charge in [-0.05, 0) is 66.6 Å². The molecule has 5 rings (SSSR count). The summed E-state index contributed by atoms with van der Waals surface area (Å²) in [4.78, 5) is 2.25. The van der Waals surface area contributed by atoms with Crippen molar-refractivity contribution in [3.63, 3.8) is 0 Å². The van der Waals surface area contributed by atoms with Crippen LogP contribution in [-0.4, -0.2) is 54.7 Å². The molecule has 3 heterocycles. The molecule has 9 nitrogen and oxygen atoms in total. The van der Waals surface area contributed by atoms with Gasteiger partial charge in [-0.25, -0.2) is 0 Å². The summed E-state index contributed by atoms with van der Waals surface area (Å²) < 4.78 is 32.9. The maximum atomic E-state index is 12.4. The molecule has 0 spiro atoms. The highest BCUT2D eigenvalue weighted by molar-refractivity contribution is 7.98. The molecule has 176 valence electrons.